The van der Waals surface area contributed by atoms with Crippen LogP contribution in [-0.4, -0.2) is 49.0 Å². The van der Waals surface area contributed by atoms with Gasteiger partial charge in [0.15, 0.2) is 23.4 Å². The molecule has 2 aliphatic heterocycles. The number of carbonyl (C=O) groups excluding carboxylic acids is 2. The standard InChI is InChI=1S/C24H26ClNO5/c1-15-13-19(4-5-20(15)25)31-16(2)24(28)26-9-7-17(8-10-26)23(27)18-3-6-21-22(14-18)30-12-11-29-21/h3-6,13-14,16-17H,7-12H2,1-2H3. The molecule has 2 aromatic rings. The zero-order chi connectivity index (χ0) is 22.0. The topological polar surface area (TPSA) is 65.1 Å². The quantitative estimate of drug-likeness (QED) is 0.644. The maximum absolute atomic E-state index is 13.0. The minimum atomic E-state index is -0.606. The van der Waals surface area contributed by atoms with E-state index in [4.69, 9.17) is 25.8 Å². The van der Waals surface area contributed by atoms with E-state index in [2.05, 4.69) is 0 Å². The van der Waals surface area contributed by atoms with E-state index in [9.17, 15) is 9.59 Å². The van der Waals surface area contributed by atoms with E-state index in [0.717, 1.165) is 5.56 Å². The van der Waals surface area contributed by atoms with Gasteiger partial charge in [-0.3, -0.25) is 9.59 Å². The summed E-state index contributed by atoms with van der Waals surface area (Å²) in [6, 6.07) is 10.7. The van der Waals surface area contributed by atoms with Gasteiger partial charge in [0.25, 0.3) is 5.91 Å². The number of aryl methyl sites for hydroxylation is 1. The van der Waals surface area contributed by atoms with E-state index >= 15 is 0 Å². The Morgan fingerprint density at radius 3 is 2.48 bits per heavy atom. The van der Waals surface area contributed by atoms with Crippen LogP contribution in [0.2, 0.25) is 5.02 Å². The molecule has 0 radical (unpaired) electrons. The van der Waals surface area contributed by atoms with Crippen molar-refractivity contribution in [2.45, 2.75) is 32.8 Å². The molecule has 0 N–H and O–H groups in total. The Labute approximate surface area is 187 Å². The summed E-state index contributed by atoms with van der Waals surface area (Å²) in [6.07, 6.45) is 0.656. The number of ether oxygens (including phenoxy) is 3. The molecule has 0 aromatic heterocycles. The molecule has 2 heterocycles. The van der Waals surface area contributed by atoms with Crippen LogP contribution in [0.4, 0.5) is 0 Å². The Kier molecular flexibility index (Phi) is 6.37. The van der Waals surface area contributed by atoms with Crippen LogP contribution >= 0.6 is 11.6 Å². The lowest BCUT2D eigenvalue weighted by atomic mass is 9.88. The first-order chi connectivity index (χ1) is 14.9. The number of fused-ring (bicyclic) bond motifs is 1. The van der Waals surface area contributed by atoms with Gasteiger partial charge in [0, 0.05) is 29.6 Å². The van der Waals surface area contributed by atoms with Gasteiger partial charge in [-0.15, -0.1) is 0 Å². The molecule has 0 saturated carbocycles. The number of amides is 1. The molecule has 1 fully saturated rings. The van der Waals surface area contributed by atoms with E-state index in [1.54, 1.807) is 42.2 Å². The minimum absolute atomic E-state index is 0.0715. The second-order valence-electron chi connectivity index (χ2n) is 7.99. The largest absolute Gasteiger partial charge is 0.486 e. The van der Waals surface area contributed by atoms with Crippen LogP contribution < -0.4 is 14.2 Å². The highest BCUT2D eigenvalue weighted by molar-refractivity contribution is 6.31. The molecular formula is C24H26ClNO5. The summed E-state index contributed by atoms with van der Waals surface area (Å²) in [5.74, 6) is 1.82. The first-order valence-electron chi connectivity index (χ1n) is 10.6. The fourth-order valence-electron chi connectivity index (χ4n) is 4.00. The molecule has 2 aromatic carbocycles. The van der Waals surface area contributed by atoms with Gasteiger partial charge in [-0.25, -0.2) is 0 Å². The van der Waals surface area contributed by atoms with Crippen molar-refractivity contribution in [3.05, 3.63) is 52.5 Å². The maximum atomic E-state index is 13.0. The lowest BCUT2D eigenvalue weighted by Gasteiger charge is -2.33. The van der Waals surface area contributed by atoms with Gasteiger partial charge in [0.2, 0.25) is 0 Å². The highest BCUT2D eigenvalue weighted by Gasteiger charge is 2.31. The fraction of sp³-hybridized carbons (Fsp3) is 0.417. The van der Waals surface area contributed by atoms with Gasteiger partial charge in [-0.1, -0.05) is 11.6 Å². The van der Waals surface area contributed by atoms with Crippen LogP contribution in [0.3, 0.4) is 0 Å². The number of rotatable bonds is 5. The van der Waals surface area contributed by atoms with Crippen molar-refractivity contribution in [3.63, 3.8) is 0 Å². The van der Waals surface area contributed by atoms with Crippen molar-refractivity contribution in [3.8, 4) is 17.2 Å². The highest BCUT2D eigenvalue weighted by atomic mass is 35.5. The molecule has 4 rings (SSSR count). The number of hydrogen-bond donors (Lipinski definition) is 0. The Morgan fingerprint density at radius 2 is 1.77 bits per heavy atom. The predicted octanol–water partition coefficient (Wildman–Crippen LogP) is 4.31. The molecule has 1 atom stereocenters. The average Bonchev–Trinajstić information content (AvgIpc) is 2.80. The number of hydrogen-bond acceptors (Lipinski definition) is 5. The maximum Gasteiger partial charge on any atom is 0.263 e. The van der Waals surface area contributed by atoms with E-state index in [1.807, 2.05) is 13.0 Å². The monoisotopic (exact) mass is 443 g/mol. The van der Waals surface area contributed by atoms with Crippen molar-refractivity contribution in [2.75, 3.05) is 26.3 Å². The first-order valence-corrected chi connectivity index (χ1v) is 11.0. The zero-order valence-corrected chi connectivity index (χ0v) is 18.5. The Hall–Kier alpha value is -2.73. The molecule has 1 unspecified atom stereocenters. The molecule has 31 heavy (non-hydrogen) atoms. The van der Waals surface area contributed by atoms with Crippen molar-refractivity contribution in [1.29, 1.82) is 0 Å². The molecule has 7 heteroatoms. The van der Waals surface area contributed by atoms with Gasteiger partial charge in [0.1, 0.15) is 19.0 Å². The smallest absolute Gasteiger partial charge is 0.263 e. The number of piperidine rings is 1. The minimum Gasteiger partial charge on any atom is -0.486 e. The average molecular weight is 444 g/mol. The van der Waals surface area contributed by atoms with Crippen molar-refractivity contribution >= 4 is 23.3 Å². The van der Waals surface area contributed by atoms with Gasteiger partial charge in [-0.05, 0) is 68.7 Å². The van der Waals surface area contributed by atoms with E-state index < -0.39 is 6.10 Å². The molecule has 164 valence electrons. The summed E-state index contributed by atoms with van der Waals surface area (Å²) in [7, 11) is 0. The Balaban J connectivity index is 1.32. The van der Waals surface area contributed by atoms with E-state index in [1.165, 1.54) is 0 Å². The molecule has 1 saturated heterocycles. The second kappa shape index (κ2) is 9.18. The third-order valence-corrected chi connectivity index (χ3v) is 6.22. The first kappa shape index (κ1) is 21.5. The third kappa shape index (κ3) is 4.79. The second-order valence-corrected chi connectivity index (χ2v) is 8.40. The summed E-state index contributed by atoms with van der Waals surface area (Å²) in [5.41, 5.74) is 1.53. The van der Waals surface area contributed by atoms with Gasteiger partial charge < -0.3 is 19.1 Å². The van der Waals surface area contributed by atoms with Gasteiger partial charge >= 0.3 is 0 Å². The molecule has 0 aliphatic carbocycles. The van der Waals surface area contributed by atoms with Gasteiger partial charge in [0.05, 0.1) is 0 Å². The Bertz CT molecular complexity index is 984. The lowest BCUT2D eigenvalue weighted by molar-refractivity contribution is -0.139. The predicted molar refractivity (Wildman–Crippen MR) is 117 cm³/mol. The van der Waals surface area contributed by atoms with E-state index in [-0.39, 0.29) is 17.6 Å². The van der Waals surface area contributed by atoms with Crippen molar-refractivity contribution < 1.29 is 23.8 Å². The lowest BCUT2D eigenvalue weighted by Crippen LogP contribution is -2.45. The molecule has 0 spiro atoms. The van der Waals surface area contributed by atoms with E-state index in [0.29, 0.717) is 67.0 Å². The van der Waals surface area contributed by atoms with Crippen LogP contribution in [0.15, 0.2) is 36.4 Å². The normalized spacial score (nSPS) is 17.2. The summed E-state index contributed by atoms with van der Waals surface area (Å²) < 4.78 is 16.9. The Morgan fingerprint density at radius 1 is 1.06 bits per heavy atom. The number of carbonyl (C=O) groups is 2. The molecule has 1 amide bonds. The summed E-state index contributed by atoms with van der Waals surface area (Å²) in [6.45, 7) is 5.72. The molecule has 2 aliphatic rings. The number of benzene rings is 2. The number of likely N-dealkylation sites (tertiary alicyclic amines) is 1. The summed E-state index contributed by atoms with van der Waals surface area (Å²) >= 11 is 6.05. The molecular weight excluding hydrogens is 418 g/mol. The number of halogens is 1. The number of Topliss-reactive ketones (excluding diaryl/α,β-unsaturated/α-hetero) is 1. The molecule has 6 nitrogen and oxygen atoms in total. The summed E-state index contributed by atoms with van der Waals surface area (Å²) in [4.78, 5) is 27.6. The van der Waals surface area contributed by atoms with Crippen LogP contribution in [0, 0.1) is 12.8 Å². The highest BCUT2D eigenvalue weighted by Crippen LogP contribution is 2.32. The van der Waals surface area contributed by atoms with Gasteiger partial charge in [-0.2, -0.15) is 0 Å². The summed E-state index contributed by atoms with van der Waals surface area (Å²) in [5, 5.41) is 0.663. The fourth-order valence-corrected chi connectivity index (χ4v) is 4.11. The third-order valence-electron chi connectivity index (χ3n) is 5.79. The van der Waals surface area contributed by atoms with Crippen molar-refractivity contribution in [1.82, 2.24) is 4.90 Å². The molecule has 0 bridgehead atoms. The van der Waals surface area contributed by atoms with Crippen LogP contribution in [0.5, 0.6) is 17.2 Å². The number of ketones is 1. The van der Waals surface area contributed by atoms with Crippen molar-refractivity contribution in [2.24, 2.45) is 5.92 Å². The van der Waals surface area contributed by atoms with Crippen LogP contribution in [-0.2, 0) is 4.79 Å². The zero-order valence-electron chi connectivity index (χ0n) is 17.7. The van der Waals surface area contributed by atoms with Crippen LogP contribution in [0.25, 0.3) is 0 Å². The SMILES string of the molecule is Cc1cc(OC(C)C(=O)N2CCC(C(=O)c3ccc4c(c3)OCCO4)CC2)ccc1Cl. The number of nitrogens with zero attached hydrogens (tertiary/aromatic N) is 1. The van der Waals surface area contributed by atoms with Crippen LogP contribution in [0.1, 0.15) is 35.7 Å².